The maximum absolute atomic E-state index is 9.54. The van der Waals surface area contributed by atoms with E-state index in [0.717, 1.165) is 11.1 Å². The lowest BCUT2D eigenvalue weighted by molar-refractivity contribution is 0.355. The van der Waals surface area contributed by atoms with Crippen molar-refractivity contribution in [3.8, 4) is 40.0 Å². The van der Waals surface area contributed by atoms with Crippen molar-refractivity contribution in [3.05, 3.63) is 59.1 Å². The number of pyridine rings is 1. The number of hydrogen-bond acceptors (Lipinski definition) is 5. The van der Waals surface area contributed by atoms with Gasteiger partial charge in [0, 0.05) is 16.1 Å². The van der Waals surface area contributed by atoms with E-state index in [1.165, 1.54) is 0 Å². The van der Waals surface area contributed by atoms with Crippen LogP contribution in [0.1, 0.15) is 5.56 Å². The molecule has 3 aromatic rings. The smallest absolute Gasteiger partial charge is 0.161 e. The van der Waals surface area contributed by atoms with Crippen LogP contribution in [-0.2, 0) is 0 Å². The Bertz CT molecular complexity index is 995. The summed E-state index contributed by atoms with van der Waals surface area (Å²) in [6.45, 7) is 0. The third-order valence-electron chi connectivity index (χ3n) is 3.99. The third-order valence-corrected chi connectivity index (χ3v) is 4.25. The molecule has 1 heterocycles. The summed E-state index contributed by atoms with van der Waals surface area (Å²) in [5, 5.41) is 10.2. The molecule has 0 spiro atoms. The first-order chi connectivity index (χ1) is 12.6. The summed E-state index contributed by atoms with van der Waals surface area (Å²) in [6.07, 6.45) is 0. The van der Waals surface area contributed by atoms with E-state index in [1.54, 1.807) is 38.5 Å². The van der Waals surface area contributed by atoms with Gasteiger partial charge < -0.3 is 15.2 Å². The number of halogens is 1. The molecule has 0 aliphatic carbocycles. The molecule has 0 atom stereocenters. The molecule has 2 N–H and O–H groups in total. The fourth-order valence-electron chi connectivity index (χ4n) is 2.68. The molecule has 5 nitrogen and oxygen atoms in total. The topological polar surface area (TPSA) is 81.2 Å². The Labute approximate surface area is 156 Å². The van der Waals surface area contributed by atoms with Gasteiger partial charge in [0.2, 0.25) is 0 Å². The average Bonchev–Trinajstić information content (AvgIpc) is 2.67. The highest BCUT2D eigenvalue weighted by molar-refractivity contribution is 6.30. The predicted molar refractivity (Wildman–Crippen MR) is 102 cm³/mol. The highest BCUT2D eigenvalue weighted by atomic mass is 35.5. The van der Waals surface area contributed by atoms with Gasteiger partial charge in [-0.05, 0) is 35.9 Å². The average molecular weight is 366 g/mol. The van der Waals surface area contributed by atoms with Crippen LogP contribution in [0.25, 0.3) is 22.4 Å². The number of nitriles is 1. The van der Waals surface area contributed by atoms with Crippen LogP contribution in [0.3, 0.4) is 0 Å². The van der Waals surface area contributed by atoms with Crippen molar-refractivity contribution in [2.24, 2.45) is 0 Å². The van der Waals surface area contributed by atoms with Crippen molar-refractivity contribution in [2.45, 2.75) is 0 Å². The summed E-state index contributed by atoms with van der Waals surface area (Å²) >= 11 is 5.95. The van der Waals surface area contributed by atoms with Crippen molar-refractivity contribution < 1.29 is 9.47 Å². The molecule has 0 saturated carbocycles. The van der Waals surface area contributed by atoms with Crippen LogP contribution in [0, 0.1) is 11.3 Å². The van der Waals surface area contributed by atoms with Crippen molar-refractivity contribution in [2.75, 3.05) is 20.0 Å². The lowest BCUT2D eigenvalue weighted by atomic mass is 9.98. The molecule has 0 unspecified atom stereocenters. The van der Waals surface area contributed by atoms with Crippen LogP contribution in [0.4, 0.5) is 5.82 Å². The number of methoxy groups -OCH3 is 2. The first kappa shape index (κ1) is 17.6. The van der Waals surface area contributed by atoms with E-state index >= 15 is 0 Å². The SMILES string of the molecule is COc1ccc(-c2cc(-c3ccc(Cl)cc3)nc(N)c2C#N)cc1OC. The van der Waals surface area contributed by atoms with Crippen LogP contribution >= 0.6 is 11.6 Å². The van der Waals surface area contributed by atoms with Gasteiger partial charge in [-0.3, -0.25) is 0 Å². The Kier molecular flexibility index (Phi) is 4.97. The minimum Gasteiger partial charge on any atom is -0.493 e. The normalized spacial score (nSPS) is 10.2. The molecule has 3 rings (SSSR count). The minimum atomic E-state index is 0.171. The van der Waals surface area contributed by atoms with Gasteiger partial charge in [0.05, 0.1) is 19.9 Å². The van der Waals surface area contributed by atoms with Gasteiger partial charge in [0.15, 0.2) is 11.5 Å². The largest absolute Gasteiger partial charge is 0.493 e. The number of anilines is 1. The first-order valence-electron chi connectivity index (χ1n) is 7.76. The van der Waals surface area contributed by atoms with Gasteiger partial charge in [-0.15, -0.1) is 0 Å². The number of aromatic nitrogens is 1. The molecule has 2 aromatic carbocycles. The molecule has 0 aliphatic heterocycles. The van der Waals surface area contributed by atoms with Gasteiger partial charge >= 0.3 is 0 Å². The molecule has 0 radical (unpaired) electrons. The molecule has 1 aromatic heterocycles. The maximum Gasteiger partial charge on any atom is 0.161 e. The minimum absolute atomic E-state index is 0.171. The summed E-state index contributed by atoms with van der Waals surface area (Å²) in [5.41, 5.74) is 9.33. The number of benzene rings is 2. The second-order valence-corrected chi connectivity index (χ2v) is 5.94. The summed E-state index contributed by atoms with van der Waals surface area (Å²) < 4.78 is 10.6. The number of hydrogen-bond donors (Lipinski definition) is 1. The van der Waals surface area contributed by atoms with Crippen molar-refractivity contribution >= 4 is 17.4 Å². The van der Waals surface area contributed by atoms with E-state index in [9.17, 15) is 5.26 Å². The number of rotatable bonds is 4. The molecule has 130 valence electrons. The maximum atomic E-state index is 9.54. The van der Waals surface area contributed by atoms with Gasteiger partial charge in [-0.1, -0.05) is 29.8 Å². The lowest BCUT2D eigenvalue weighted by Gasteiger charge is -2.13. The summed E-state index contributed by atoms with van der Waals surface area (Å²) in [5.74, 6) is 1.34. The molecule has 0 bridgehead atoms. The zero-order valence-corrected chi connectivity index (χ0v) is 15.0. The number of ether oxygens (including phenoxy) is 2. The van der Waals surface area contributed by atoms with Crippen LogP contribution in [0.2, 0.25) is 5.02 Å². The van der Waals surface area contributed by atoms with Crippen LogP contribution in [0.15, 0.2) is 48.5 Å². The summed E-state index contributed by atoms with van der Waals surface area (Å²) in [7, 11) is 3.13. The van der Waals surface area contributed by atoms with E-state index in [-0.39, 0.29) is 5.82 Å². The molecule has 0 aliphatic rings. The Hall–Kier alpha value is -3.23. The third kappa shape index (κ3) is 3.28. The van der Waals surface area contributed by atoms with E-state index in [1.807, 2.05) is 24.3 Å². The molecule has 0 amide bonds. The quantitative estimate of drug-likeness (QED) is 0.734. The molecule has 0 fully saturated rings. The van der Waals surface area contributed by atoms with Gasteiger partial charge in [0.1, 0.15) is 17.5 Å². The van der Waals surface area contributed by atoms with Gasteiger partial charge in [-0.2, -0.15) is 5.26 Å². The molecular weight excluding hydrogens is 350 g/mol. The van der Waals surface area contributed by atoms with E-state index < -0.39 is 0 Å². The number of nitrogen functional groups attached to an aromatic ring is 1. The second-order valence-electron chi connectivity index (χ2n) is 5.50. The number of nitrogens with two attached hydrogens (primary N) is 1. The molecule has 0 saturated heterocycles. The highest BCUT2D eigenvalue weighted by Crippen LogP contribution is 2.36. The van der Waals surface area contributed by atoms with Crippen LogP contribution < -0.4 is 15.2 Å². The fraction of sp³-hybridized carbons (Fsp3) is 0.100. The Morgan fingerprint density at radius 1 is 0.962 bits per heavy atom. The molecule has 26 heavy (non-hydrogen) atoms. The van der Waals surface area contributed by atoms with Crippen molar-refractivity contribution in [1.29, 1.82) is 5.26 Å². The first-order valence-corrected chi connectivity index (χ1v) is 8.14. The van der Waals surface area contributed by atoms with E-state index in [2.05, 4.69) is 11.1 Å². The van der Waals surface area contributed by atoms with Crippen molar-refractivity contribution in [3.63, 3.8) is 0 Å². The van der Waals surface area contributed by atoms with Crippen LogP contribution in [-0.4, -0.2) is 19.2 Å². The fourth-order valence-corrected chi connectivity index (χ4v) is 2.81. The highest BCUT2D eigenvalue weighted by Gasteiger charge is 2.15. The lowest BCUT2D eigenvalue weighted by Crippen LogP contribution is -2.00. The zero-order chi connectivity index (χ0) is 18.7. The summed E-state index contributed by atoms with van der Waals surface area (Å²) in [6, 6.07) is 16.7. The van der Waals surface area contributed by atoms with Gasteiger partial charge in [-0.25, -0.2) is 4.98 Å². The van der Waals surface area contributed by atoms with Crippen LogP contribution in [0.5, 0.6) is 11.5 Å². The number of nitrogens with zero attached hydrogens (tertiary/aromatic N) is 2. The standard InChI is InChI=1S/C20H16ClN3O2/c1-25-18-8-5-13(9-19(18)26-2)15-10-17(24-20(23)16(15)11-22)12-3-6-14(21)7-4-12/h3-10H,1-2H3,(H2,23,24). The summed E-state index contributed by atoms with van der Waals surface area (Å²) in [4.78, 5) is 4.36. The zero-order valence-electron chi connectivity index (χ0n) is 14.3. The van der Waals surface area contributed by atoms with Crippen molar-refractivity contribution in [1.82, 2.24) is 4.98 Å². The van der Waals surface area contributed by atoms with Gasteiger partial charge in [0.25, 0.3) is 0 Å². The second kappa shape index (κ2) is 7.34. The van der Waals surface area contributed by atoms with E-state index in [0.29, 0.717) is 33.3 Å². The Morgan fingerprint density at radius 2 is 1.62 bits per heavy atom. The predicted octanol–water partition coefficient (Wildman–Crippen LogP) is 4.54. The monoisotopic (exact) mass is 365 g/mol. The Morgan fingerprint density at radius 3 is 2.23 bits per heavy atom. The molecular formula is C20H16ClN3O2. The van der Waals surface area contributed by atoms with E-state index in [4.69, 9.17) is 26.8 Å². The molecule has 6 heteroatoms. The Balaban J connectivity index is 2.20.